The van der Waals surface area contributed by atoms with Gasteiger partial charge in [0, 0.05) is 44.5 Å². The lowest BCUT2D eigenvalue weighted by Crippen LogP contribution is -2.54. The maximum absolute atomic E-state index is 12.8. The van der Waals surface area contributed by atoms with Crippen LogP contribution in [0.15, 0.2) is 47.5 Å². The maximum Gasteiger partial charge on any atom is 0.272 e. The molecule has 2 unspecified atom stereocenters. The molecule has 0 saturated carbocycles. The molecule has 1 amide bonds. The van der Waals surface area contributed by atoms with Crippen LogP contribution in [0.3, 0.4) is 0 Å². The van der Waals surface area contributed by atoms with Crippen molar-refractivity contribution in [2.45, 2.75) is 30.3 Å². The van der Waals surface area contributed by atoms with Crippen LogP contribution in [0.5, 0.6) is 5.88 Å². The number of fused-ring (bicyclic) bond motifs is 1. The zero-order valence-corrected chi connectivity index (χ0v) is 16.3. The Balaban J connectivity index is 1.45. The highest BCUT2D eigenvalue weighted by Crippen LogP contribution is 2.34. The molecule has 1 fully saturated rings. The zero-order chi connectivity index (χ0) is 19.8. The number of pyridine rings is 1. The molecule has 9 heteroatoms. The molecule has 4 rings (SSSR count). The molecule has 1 spiro atoms. The Morgan fingerprint density at radius 3 is 2.93 bits per heavy atom. The highest BCUT2D eigenvalue weighted by Gasteiger charge is 2.48. The number of amides is 1. The van der Waals surface area contributed by atoms with E-state index in [2.05, 4.69) is 19.9 Å². The van der Waals surface area contributed by atoms with Crippen LogP contribution in [0.25, 0.3) is 0 Å². The first kappa shape index (κ1) is 19.0. The van der Waals surface area contributed by atoms with Crippen LogP contribution in [-0.2, 0) is 25.9 Å². The number of likely N-dealkylation sites (tertiary alicyclic amines) is 1. The summed E-state index contributed by atoms with van der Waals surface area (Å²) in [5.41, 5.74) is 1.17. The van der Waals surface area contributed by atoms with E-state index in [0.717, 1.165) is 17.8 Å². The van der Waals surface area contributed by atoms with Crippen LogP contribution in [0.2, 0.25) is 0 Å². The molecule has 1 aromatic heterocycles. The number of anilines is 1. The quantitative estimate of drug-likeness (QED) is 0.755. The highest BCUT2D eigenvalue weighted by atomic mass is 32.3. The van der Waals surface area contributed by atoms with Gasteiger partial charge >= 0.3 is 0 Å². The summed E-state index contributed by atoms with van der Waals surface area (Å²) in [5.74, 6) is 0.0456. The molecule has 2 aliphatic rings. The van der Waals surface area contributed by atoms with E-state index in [1.165, 1.54) is 19.2 Å². The Kier molecular flexibility index (Phi) is 4.92. The van der Waals surface area contributed by atoms with Crippen molar-refractivity contribution < 1.29 is 18.3 Å². The first-order valence-electron chi connectivity index (χ1n) is 9.06. The standard InChI is InChI=1S/C19H22N4O4S/c1-14(24)21-16-6-4-15(5-7-16)11-23-10-8-19(12-23)13-27-18-17(3-2-9-20-18)28(25,26)22-19/h2-7,9H,8,10-13H2,1H3,(H2-,21,22,24,25,26). The minimum atomic E-state index is -3.69. The molecule has 0 bridgehead atoms. The van der Waals surface area contributed by atoms with E-state index in [1.54, 1.807) is 6.07 Å². The molecule has 2 N–H and O–H groups in total. The van der Waals surface area contributed by atoms with E-state index in [4.69, 9.17) is 4.74 Å². The van der Waals surface area contributed by atoms with Crippen LogP contribution < -0.4 is 14.8 Å². The third kappa shape index (κ3) is 3.93. The topological polar surface area (TPSA) is 107 Å². The average molecular weight is 402 g/mol. The summed E-state index contributed by atoms with van der Waals surface area (Å²) in [4.78, 5) is 17.5. The molecule has 8 nitrogen and oxygen atoms in total. The summed E-state index contributed by atoms with van der Waals surface area (Å²) in [5, 5.41) is 2.75. The number of carbonyl (C=O) groups excluding carboxylic acids is 1. The van der Waals surface area contributed by atoms with Crippen molar-refractivity contribution in [3.05, 3.63) is 48.2 Å². The van der Waals surface area contributed by atoms with Gasteiger partial charge in [0.2, 0.25) is 10.8 Å². The van der Waals surface area contributed by atoms with Gasteiger partial charge in [-0.25, -0.2) is 4.98 Å². The smallest absolute Gasteiger partial charge is 0.272 e. The number of hydrogen-bond acceptors (Lipinski definition) is 6. The fourth-order valence-electron chi connectivity index (χ4n) is 3.71. The Morgan fingerprint density at radius 1 is 1.39 bits per heavy atom. The molecule has 28 heavy (non-hydrogen) atoms. The highest BCUT2D eigenvalue weighted by molar-refractivity contribution is 7.96. The number of nitrogens with one attached hydrogen (secondary N) is 2. The molecule has 3 heterocycles. The Hall–Kier alpha value is -2.33. The number of hydrogen-bond donors (Lipinski definition) is 2. The summed E-state index contributed by atoms with van der Waals surface area (Å²) in [6.45, 7) is 3.71. The average Bonchev–Trinajstić information content (AvgIpc) is 2.98. The first-order valence-corrected chi connectivity index (χ1v) is 10.5. The molecule has 2 aliphatic heterocycles. The Bertz CT molecular complexity index is 936. The van der Waals surface area contributed by atoms with Crippen molar-refractivity contribution >= 4 is 22.0 Å². The van der Waals surface area contributed by atoms with Crippen molar-refractivity contribution in [3.8, 4) is 5.88 Å². The van der Waals surface area contributed by atoms with Crippen LogP contribution in [0.1, 0.15) is 18.9 Å². The van der Waals surface area contributed by atoms with Crippen LogP contribution in [0.4, 0.5) is 5.69 Å². The number of rotatable bonds is 3. The third-order valence-electron chi connectivity index (χ3n) is 4.98. The van der Waals surface area contributed by atoms with E-state index in [-0.39, 0.29) is 23.3 Å². The summed E-state index contributed by atoms with van der Waals surface area (Å²) in [7, 11) is -3.69. The number of sulfonamides is 1. The second-order valence-corrected chi connectivity index (χ2v) is 8.97. The van der Waals surface area contributed by atoms with E-state index in [0.29, 0.717) is 19.5 Å². The van der Waals surface area contributed by atoms with Crippen LogP contribution in [-0.4, -0.2) is 45.6 Å². The van der Waals surface area contributed by atoms with Gasteiger partial charge in [-0.15, -0.1) is 4.72 Å². The molecule has 1 saturated heterocycles. The summed E-state index contributed by atoms with van der Waals surface area (Å²) < 4.78 is 34.1. The van der Waals surface area contributed by atoms with E-state index in [1.807, 2.05) is 24.3 Å². The predicted octanol–water partition coefficient (Wildman–Crippen LogP) is 1.57. The minimum Gasteiger partial charge on any atom is -0.593 e. The summed E-state index contributed by atoms with van der Waals surface area (Å²) in [6.07, 6.45) is 2.18. The van der Waals surface area contributed by atoms with Gasteiger partial charge in [-0.2, -0.15) is 0 Å². The number of nitrogens with zero attached hydrogens (tertiary/aromatic N) is 2. The van der Waals surface area contributed by atoms with Gasteiger partial charge in [-0.1, -0.05) is 16.3 Å². The largest absolute Gasteiger partial charge is 0.593 e. The molecular formula is C19H22N4O4S. The fraction of sp³-hybridized carbons (Fsp3) is 0.368. The van der Waals surface area contributed by atoms with Crippen molar-refractivity contribution in [2.24, 2.45) is 0 Å². The molecule has 2 aromatic rings. The van der Waals surface area contributed by atoms with E-state index < -0.39 is 15.9 Å². The summed E-state index contributed by atoms with van der Waals surface area (Å²) >= 11 is 0. The first-order chi connectivity index (χ1) is 13.4. The second kappa shape index (κ2) is 7.25. The zero-order valence-electron chi connectivity index (χ0n) is 15.5. The molecule has 1 aromatic carbocycles. The molecular weight excluding hydrogens is 380 g/mol. The van der Waals surface area contributed by atoms with Gasteiger partial charge < -0.3 is 14.6 Å². The minimum absolute atomic E-state index is 0.0823. The van der Waals surface area contributed by atoms with Crippen molar-refractivity contribution in [1.29, 1.82) is 0 Å². The lowest BCUT2D eigenvalue weighted by molar-refractivity contribution is -0.114. The van der Waals surface area contributed by atoms with E-state index >= 15 is 0 Å². The van der Waals surface area contributed by atoms with E-state index in [9.17, 15) is 13.6 Å². The lowest BCUT2D eigenvalue weighted by atomic mass is 10.0. The van der Waals surface area contributed by atoms with Gasteiger partial charge in [-0.3, -0.25) is 9.69 Å². The van der Waals surface area contributed by atoms with Gasteiger partial charge in [0.1, 0.15) is 12.1 Å². The molecule has 0 aliphatic carbocycles. The van der Waals surface area contributed by atoms with Crippen LogP contribution in [0, 0.1) is 0 Å². The SMILES string of the molecule is CC(=O)Nc1ccc(CN2CCC3(COc4ncccc4[S+](=O)([O-])N3)C2)cc1. The third-order valence-corrected chi connectivity index (χ3v) is 6.57. The Labute approximate surface area is 164 Å². The van der Waals surface area contributed by atoms with Gasteiger partial charge in [0.05, 0.1) is 0 Å². The van der Waals surface area contributed by atoms with Crippen molar-refractivity contribution in [3.63, 3.8) is 0 Å². The number of carbonyl (C=O) groups is 1. The lowest BCUT2D eigenvalue weighted by Gasteiger charge is -2.28. The molecule has 148 valence electrons. The second-order valence-electron chi connectivity index (χ2n) is 7.32. The molecule has 0 radical (unpaired) electrons. The van der Waals surface area contributed by atoms with Gasteiger partial charge in [0.15, 0.2) is 10.4 Å². The van der Waals surface area contributed by atoms with Crippen LogP contribution >= 0.6 is 0 Å². The Morgan fingerprint density at radius 2 is 2.18 bits per heavy atom. The summed E-state index contributed by atoms with van der Waals surface area (Å²) in [6, 6.07) is 10.7. The maximum atomic E-state index is 12.8. The fourth-order valence-corrected chi connectivity index (χ4v) is 5.22. The predicted molar refractivity (Wildman–Crippen MR) is 103 cm³/mol. The van der Waals surface area contributed by atoms with Crippen molar-refractivity contribution in [2.75, 3.05) is 25.0 Å². The van der Waals surface area contributed by atoms with Gasteiger partial charge in [0.25, 0.3) is 5.88 Å². The monoisotopic (exact) mass is 402 g/mol. The normalized spacial score (nSPS) is 27.1. The number of benzene rings is 1. The molecule has 2 atom stereocenters. The van der Waals surface area contributed by atoms with Gasteiger partial charge in [-0.05, 0) is 30.2 Å². The number of ether oxygens (including phenoxy) is 1. The number of aromatic nitrogens is 1. The van der Waals surface area contributed by atoms with Crippen molar-refractivity contribution in [1.82, 2.24) is 14.6 Å².